The van der Waals surface area contributed by atoms with E-state index >= 15 is 0 Å². The van der Waals surface area contributed by atoms with Crippen molar-refractivity contribution in [3.63, 3.8) is 0 Å². The molecule has 2 fully saturated rings. The molecule has 0 N–H and O–H groups in total. The second-order valence-corrected chi connectivity index (χ2v) is 8.25. The first-order chi connectivity index (χ1) is 13.5. The highest BCUT2D eigenvalue weighted by molar-refractivity contribution is 5.99. The molecule has 2 aliphatic rings. The van der Waals surface area contributed by atoms with Gasteiger partial charge in [-0.15, -0.1) is 0 Å². The number of rotatable bonds is 6. The van der Waals surface area contributed by atoms with Gasteiger partial charge in [-0.25, -0.2) is 0 Å². The molecule has 0 unspecified atom stereocenters. The summed E-state index contributed by atoms with van der Waals surface area (Å²) in [6.45, 7) is 9.10. The summed E-state index contributed by atoms with van der Waals surface area (Å²) in [5, 5.41) is 0. The number of likely N-dealkylation sites (tertiary alicyclic amines) is 1. The van der Waals surface area contributed by atoms with Crippen molar-refractivity contribution in [2.45, 2.75) is 39.0 Å². The molecule has 28 heavy (non-hydrogen) atoms. The SMILES string of the molecule is Cc1cc(C(=O)CN2C[C@H]3OCCN(C)[C@H]3C2)c(C)n1CCc1ccccc1. The van der Waals surface area contributed by atoms with E-state index in [1.54, 1.807) is 0 Å². The summed E-state index contributed by atoms with van der Waals surface area (Å²) in [7, 11) is 2.16. The first kappa shape index (κ1) is 19.4. The molecule has 0 saturated carbocycles. The van der Waals surface area contributed by atoms with Gasteiger partial charge in [-0.2, -0.15) is 0 Å². The van der Waals surface area contributed by atoms with E-state index in [2.05, 4.69) is 65.6 Å². The summed E-state index contributed by atoms with van der Waals surface area (Å²) >= 11 is 0. The minimum atomic E-state index is 0.223. The van der Waals surface area contributed by atoms with E-state index in [0.717, 1.165) is 56.2 Å². The zero-order valence-corrected chi connectivity index (χ0v) is 17.2. The van der Waals surface area contributed by atoms with Crippen LogP contribution in [0.5, 0.6) is 0 Å². The van der Waals surface area contributed by atoms with E-state index in [1.807, 2.05) is 6.07 Å². The number of ketones is 1. The predicted molar refractivity (Wildman–Crippen MR) is 111 cm³/mol. The molecule has 1 aromatic heterocycles. The van der Waals surface area contributed by atoms with Crippen LogP contribution in [0, 0.1) is 13.8 Å². The van der Waals surface area contributed by atoms with Crippen LogP contribution in [0.4, 0.5) is 0 Å². The molecular weight excluding hydrogens is 350 g/mol. The third-order valence-electron chi connectivity index (χ3n) is 6.36. The van der Waals surface area contributed by atoms with Gasteiger partial charge in [0.15, 0.2) is 5.78 Å². The highest BCUT2D eigenvalue weighted by Gasteiger charge is 2.39. The van der Waals surface area contributed by atoms with Crippen molar-refractivity contribution in [2.75, 3.05) is 39.8 Å². The molecule has 2 atom stereocenters. The van der Waals surface area contributed by atoms with Crippen LogP contribution >= 0.6 is 0 Å². The summed E-state index contributed by atoms with van der Waals surface area (Å²) in [4.78, 5) is 17.7. The minimum Gasteiger partial charge on any atom is -0.374 e. The Labute approximate surface area is 167 Å². The van der Waals surface area contributed by atoms with E-state index in [9.17, 15) is 4.79 Å². The van der Waals surface area contributed by atoms with Crippen molar-refractivity contribution < 1.29 is 9.53 Å². The van der Waals surface area contributed by atoms with Gasteiger partial charge in [0.05, 0.1) is 19.3 Å². The number of carbonyl (C=O) groups is 1. The largest absolute Gasteiger partial charge is 0.374 e. The van der Waals surface area contributed by atoms with Gasteiger partial charge in [0, 0.05) is 49.2 Å². The highest BCUT2D eigenvalue weighted by Crippen LogP contribution is 2.23. The van der Waals surface area contributed by atoms with Gasteiger partial charge in [0.25, 0.3) is 0 Å². The number of fused-ring (bicyclic) bond motifs is 1. The van der Waals surface area contributed by atoms with Gasteiger partial charge in [0.2, 0.25) is 0 Å². The maximum absolute atomic E-state index is 13.0. The summed E-state index contributed by atoms with van der Waals surface area (Å²) in [5.74, 6) is 0.223. The summed E-state index contributed by atoms with van der Waals surface area (Å²) < 4.78 is 8.19. The number of hydrogen-bond donors (Lipinski definition) is 0. The number of carbonyl (C=O) groups excluding carboxylic acids is 1. The van der Waals surface area contributed by atoms with Gasteiger partial charge < -0.3 is 9.30 Å². The van der Waals surface area contributed by atoms with Gasteiger partial charge in [-0.1, -0.05) is 30.3 Å². The number of aromatic nitrogens is 1. The molecule has 150 valence electrons. The fraction of sp³-hybridized carbons (Fsp3) is 0.522. The van der Waals surface area contributed by atoms with Gasteiger partial charge in [-0.3, -0.25) is 14.6 Å². The molecule has 0 spiro atoms. The van der Waals surface area contributed by atoms with Gasteiger partial charge in [-0.05, 0) is 38.9 Å². The third-order valence-corrected chi connectivity index (χ3v) is 6.36. The Morgan fingerprint density at radius 3 is 2.71 bits per heavy atom. The van der Waals surface area contributed by atoms with Crippen LogP contribution in [-0.4, -0.2) is 72.1 Å². The van der Waals surface area contributed by atoms with Crippen molar-refractivity contribution in [1.82, 2.24) is 14.4 Å². The average molecular weight is 382 g/mol. The number of nitrogens with zero attached hydrogens (tertiary/aromatic N) is 3. The molecule has 0 aliphatic carbocycles. The first-order valence-corrected chi connectivity index (χ1v) is 10.3. The number of morpholine rings is 1. The first-order valence-electron chi connectivity index (χ1n) is 10.3. The number of aryl methyl sites for hydroxylation is 2. The number of benzene rings is 1. The maximum Gasteiger partial charge on any atom is 0.178 e. The Balaban J connectivity index is 1.41. The molecular formula is C23H31N3O2. The smallest absolute Gasteiger partial charge is 0.178 e. The van der Waals surface area contributed by atoms with E-state index < -0.39 is 0 Å². The number of ether oxygens (including phenoxy) is 1. The standard InChI is InChI=1S/C23H31N3O2/c1-17-13-20(18(2)26(17)10-9-19-7-5-4-6-8-19)22(27)15-25-14-21-23(16-25)28-12-11-24(21)3/h4-8,13,21,23H,9-12,14-16H2,1-3H3/t21-,23+/m0/s1. The van der Waals surface area contributed by atoms with Crippen molar-refractivity contribution in [1.29, 1.82) is 0 Å². The van der Waals surface area contributed by atoms with Gasteiger partial charge >= 0.3 is 0 Å². The van der Waals surface area contributed by atoms with Crippen molar-refractivity contribution in [3.05, 3.63) is 58.9 Å². The lowest BCUT2D eigenvalue weighted by Gasteiger charge is -2.33. The molecule has 2 aromatic rings. The Hall–Kier alpha value is -1.95. The summed E-state index contributed by atoms with van der Waals surface area (Å²) in [6.07, 6.45) is 1.22. The quantitative estimate of drug-likeness (QED) is 0.721. The molecule has 0 amide bonds. The maximum atomic E-state index is 13.0. The summed E-state index contributed by atoms with van der Waals surface area (Å²) in [5.41, 5.74) is 4.44. The molecule has 2 saturated heterocycles. The third kappa shape index (κ3) is 3.93. The van der Waals surface area contributed by atoms with E-state index in [1.165, 1.54) is 5.56 Å². The second-order valence-electron chi connectivity index (χ2n) is 8.25. The second kappa shape index (κ2) is 8.19. The zero-order valence-electron chi connectivity index (χ0n) is 17.2. The lowest BCUT2D eigenvalue weighted by atomic mass is 10.1. The van der Waals surface area contributed by atoms with Crippen LogP contribution in [0.2, 0.25) is 0 Å². The number of hydrogen-bond acceptors (Lipinski definition) is 4. The minimum absolute atomic E-state index is 0.223. The topological polar surface area (TPSA) is 37.7 Å². The highest BCUT2D eigenvalue weighted by atomic mass is 16.5. The van der Waals surface area contributed by atoms with Crippen LogP contribution in [0.3, 0.4) is 0 Å². The Morgan fingerprint density at radius 2 is 1.96 bits per heavy atom. The fourth-order valence-corrected chi connectivity index (χ4v) is 4.66. The number of likely N-dealkylation sites (N-methyl/N-ethyl adjacent to an activating group) is 1. The average Bonchev–Trinajstić information content (AvgIpc) is 3.22. The molecule has 4 rings (SSSR count). The van der Waals surface area contributed by atoms with Crippen LogP contribution in [-0.2, 0) is 17.7 Å². The van der Waals surface area contributed by atoms with Crippen molar-refractivity contribution in [3.8, 4) is 0 Å². The molecule has 0 radical (unpaired) electrons. The lowest BCUT2D eigenvalue weighted by Crippen LogP contribution is -2.48. The van der Waals surface area contributed by atoms with E-state index in [4.69, 9.17) is 4.74 Å². The zero-order chi connectivity index (χ0) is 19.7. The monoisotopic (exact) mass is 381 g/mol. The normalized spacial score (nSPS) is 23.1. The number of Topliss-reactive ketones (excluding diaryl/α,β-unsaturated/α-hetero) is 1. The molecule has 0 bridgehead atoms. The fourth-order valence-electron chi connectivity index (χ4n) is 4.66. The van der Waals surface area contributed by atoms with Crippen LogP contribution in [0.25, 0.3) is 0 Å². The molecule has 3 heterocycles. The predicted octanol–water partition coefficient (Wildman–Crippen LogP) is 2.55. The Morgan fingerprint density at radius 1 is 1.18 bits per heavy atom. The van der Waals surface area contributed by atoms with Crippen LogP contribution in [0.15, 0.2) is 36.4 Å². The Bertz CT molecular complexity index is 830. The van der Waals surface area contributed by atoms with Crippen LogP contribution in [0.1, 0.15) is 27.3 Å². The van der Waals surface area contributed by atoms with Crippen molar-refractivity contribution in [2.24, 2.45) is 0 Å². The van der Waals surface area contributed by atoms with Gasteiger partial charge in [0.1, 0.15) is 0 Å². The molecule has 5 nitrogen and oxygen atoms in total. The molecule has 1 aromatic carbocycles. The Kier molecular flexibility index (Phi) is 5.67. The van der Waals surface area contributed by atoms with Crippen LogP contribution < -0.4 is 0 Å². The molecule has 5 heteroatoms. The lowest BCUT2D eigenvalue weighted by molar-refractivity contribution is -0.0369. The van der Waals surface area contributed by atoms with E-state index in [-0.39, 0.29) is 11.9 Å². The van der Waals surface area contributed by atoms with Crippen molar-refractivity contribution >= 4 is 5.78 Å². The summed E-state index contributed by atoms with van der Waals surface area (Å²) in [6, 6.07) is 13.0. The van der Waals surface area contributed by atoms with E-state index in [0.29, 0.717) is 12.6 Å². The molecule has 2 aliphatic heterocycles.